The second kappa shape index (κ2) is 7.01. The fraction of sp³-hybridized carbons (Fsp3) is 0.312. The molecule has 0 bridgehead atoms. The van der Waals surface area contributed by atoms with Gasteiger partial charge in [-0.1, -0.05) is 13.0 Å². The number of pyridine rings is 1. The first-order valence-corrected chi connectivity index (χ1v) is 6.85. The molecule has 3 nitrogen and oxygen atoms in total. The van der Waals surface area contributed by atoms with E-state index in [1.54, 1.807) is 12.1 Å². The average molecular weight is 273 g/mol. The normalized spacial score (nSPS) is 10.6. The van der Waals surface area contributed by atoms with Crippen molar-refractivity contribution in [1.82, 2.24) is 10.3 Å². The Morgan fingerprint density at radius 3 is 2.50 bits per heavy atom. The van der Waals surface area contributed by atoms with Gasteiger partial charge in [-0.05, 0) is 48.9 Å². The van der Waals surface area contributed by atoms with Gasteiger partial charge in [-0.2, -0.15) is 0 Å². The van der Waals surface area contributed by atoms with E-state index in [9.17, 15) is 4.39 Å². The molecule has 1 N–H and O–H groups in total. The minimum atomic E-state index is -0.229. The summed E-state index contributed by atoms with van der Waals surface area (Å²) in [5.74, 6) is 0.614. The molecule has 1 aromatic carbocycles. The number of nitrogens with one attached hydrogen (secondary N) is 1. The number of rotatable bonds is 6. The highest BCUT2D eigenvalue weighted by atomic mass is 19.1. The summed E-state index contributed by atoms with van der Waals surface area (Å²) < 4.78 is 12.9. The minimum absolute atomic E-state index is 0.229. The van der Waals surface area contributed by atoms with Crippen LogP contribution in [0.5, 0.6) is 0 Å². The third-order valence-electron chi connectivity index (χ3n) is 3.12. The van der Waals surface area contributed by atoms with Crippen LogP contribution >= 0.6 is 0 Å². The average Bonchev–Trinajstić information content (AvgIpc) is 2.48. The Kier molecular flexibility index (Phi) is 5.07. The zero-order valence-electron chi connectivity index (χ0n) is 11.9. The maximum Gasteiger partial charge on any atom is 0.132 e. The molecule has 0 aliphatic heterocycles. The lowest BCUT2D eigenvalue weighted by atomic mass is 10.2. The van der Waals surface area contributed by atoms with Crippen molar-refractivity contribution in [3.63, 3.8) is 0 Å². The SMILES string of the molecule is CCCNCc1ccc(N(C)c2ccc(F)cc2)nc1. The van der Waals surface area contributed by atoms with E-state index in [1.165, 1.54) is 12.1 Å². The van der Waals surface area contributed by atoms with Gasteiger partial charge in [0, 0.05) is 25.5 Å². The van der Waals surface area contributed by atoms with Crippen molar-refractivity contribution in [3.05, 3.63) is 54.0 Å². The van der Waals surface area contributed by atoms with Gasteiger partial charge >= 0.3 is 0 Å². The van der Waals surface area contributed by atoms with E-state index in [0.29, 0.717) is 0 Å². The number of hydrogen-bond donors (Lipinski definition) is 1. The zero-order chi connectivity index (χ0) is 14.4. The summed E-state index contributed by atoms with van der Waals surface area (Å²) in [7, 11) is 1.92. The van der Waals surface area contributed by atoms with Crippen molar-refractivity contribution in [3.8, 4) is 0 Å². The molecule has 1 heterocycles. The molecule has 1 aromatic heterocycles. The Morgan fingerprint density at radius 1 is 1.15 bits per heavy atom. The molecule has 0 saturated heterocycles. The van der Waals surface area contributed by atoms with Crippen LogP contribution in [0, 0.1) is 5.82 Å². The molecule has 4 heteroatoms. The van der Waals surface area contributed by atoms with Crippen LogP contribution in [0.4, 0.5) is 15.9 Å². The van der Waals surface area contributed by atoms with Crippen molar-refractivity contribution >= 4 is 11.5 Å². The lowest BCUT2D eigenvalue weighted by Crippen LogP contribution is -2.15. The molecule has 106 valence electrons. The maximum absolute atomic E-state index is 12.9. The third kappa shape index (κ3) is 3.78. The van der Waals surface area contributed by atoms with Gasteiger partial charge in [0.1, 0.15) is 11.6 Å². The highest BCUT2D eigenvalue weighted by Crippen LogP contribution is 2.21. The number of halogens is 1. The Labute approximate surface area is 119 Å². The molecular formula is C16H20FN3. The number of anilines is 2. The first-order valence-electron chi connectivity index (χ1n) is 6.85. The van der Waals surface area contributed by atoms with E-state index < -0.39 is 0 Å². The van der Waals surface area contributed by atoms with Crippen LogP contribution in [-0.2, 0) is 6.54 Å². The first kappa shape index (κ1) is 14.5. The maximum atomic E-state index is 12.9. The highest BCUT2D eigenvalue weighted by molar-refractivity contribution is 5.58. The summed E-state index contributed by atoms with van der Waals surface area (Å²) in [6.07, 6.45) is 3.00. The first-order chi connectivity index (χ1) is 9.70. The number of hydrogen-bond acceptors (Lipinski definition) is 3. The topological polar surface area (TPSA) is 28.2 Å². The Hall–Kier alpha value is -1.94. The molecule has 0 fully saturated rings. The Balaban J connectivity index is 2.03. The van der Waals surface area contributed by atoms with Crippen molar-refractivity contribution < 1.29 is 4.39 Å². The molecule has 20 heavy (non-hydrogen) atoms. The largest absolute Gasteiger partial charge is 0.329 e. The second-order valence-corrected chi connectivity index (χ2v) is 4.74. The highest BCUT2D eigenvalue weighted by Gasteiger charge is 2.05. The monoisotopic (exact) mass is 273 g/mol. The van der Waals surface area contributed by atoms with Gasteiger partial charge in [0.2, 0.25) is 0 Å². The van der Waals surface area contributed by atoms with E-state index in [1.807, 2.05) is 24.2 Å². The Bertz CT molecular complexity index is 522. The van der Waals surface area contributed by atoms with Gasteiger partial charge in [-0.25, -0.2) is 9.37 Å². The van der Waals surface area contributed by atoms with Crippen LogP contribution in [-0.4, -0.2) is 18.6 Å². The lowest BCUT2D eigenvalue weighted by molar-refractivity contribution is 0.628. The number of nitrogens with zero attached hydrogens (tertiary/aromatic N) is 2. The van der Waals surface area contributed by atoms with E-state index in [4.69, 9.17) is 0 Å². The zero-order valence-corrected chi connectivity index (χ0v) is 11.9. The summed E-state index contributed by atoms with van der Waals surface area (Å²) in [5.41, 5.74) is 2.07. The standard InChI is InChI=1S/C16H20FN3/c1-3-10-18-11-13-4-9-16(19-12-13)20(2)15-7-5-14(17)6-8-15/h4-9,12,18H,3,10-11H2,1-2H3. The molecule has 0 atom stereocenters. The van der Waals surface area contributed by atoms with Crippen molar-refractivity contribution in [2.75, 3.05) is 18.5 Å². The van der Waals surface area contributed by atoms with Crippen LogP contribution in [0.25, 0.3) is 0 Å². The van der Waals surface area contributed by atoms with Crippen molar-refractivity contribution in [1.29, 1.82) is 0 Å². The molecular weight excluding hydrogens is 253 g/mol. The van der Waals surface area contributed by atoms with E-state index in [2.05, 4.69) is 23.3 Å². The predicted molar refractivity (Wildman–Crippen MR) is 80.7 cm³/mol. The van der Waals surface area contributed by atoms with Crippen LogP contribution in [0.2, 0.25) is 0 Å². The smallest absolute Gasteiger partial charge is 0.132 e. The van der Waals surface area contributed by atoms with E-state index >= 15 is 0 Å². The molecule has 0 radical (unpaired) electrons. The summed E-state index contributed by atoms with van der Waals surface area (Å²) in [6.45, 7) is 3.99. The summed E-state index contributed by atoms with van der Waals surface area (Å²) in [5, 5.41) is 3.34. The molecule has 0 saturated carbocycles. The van der Waals surface area contributed by atoms with Gasteiger partial charge < -0.3 is 10.2 Å². The summed E-state index contributed by atoms with van der Waals surface area (Å²) in [4.78, 5) is 6.38. The van der Waals surface area contributed by atoms with E-state index in [0.717, 1.165) is 36.6 Å². The summed E-state index contributed by atoms with van der Waals surface area (Å²) >= 11 is 0. The predicted octanol–water partition coefficient (Wildman–Crippen LogP) is 3.49. The fourth-order valence-corrected chi connectivity index (χ4v) is 1.93. The number of benzene rings is 1. The van der Waals surface area contributed by atoms with Crippen LogP contribution in [0.15, 0.2) is 42.6 Å². The second-order valence-electron chi connectivity index (χ2n) is 4.74. The van der Waals surface area contributed by atoms with Gasteiger partial charge in [0.25, 0.3) is 0 Å². The third-order valence-corrected chi connectivity index (χ3v) is 3.12. The van der Waals surface area contributed by atoms with Gasteiger partial charge in [0.15, 0.2) is 0 Å². The Morgan fingerprint density at radius 2 is 1.90 bits per heavy atom. The molecule has 2 aromatic rings. The van der Waals surface area contributed by atoms with Crippen LogP contribution < -0.4 is 10.2 Å². The van der Waals surface area contributed by atoms with Crippen LogP contribution in [0.1, 0.15) is 18.9 Å². The molecule has 0 amide bonds. The van der Waals surface area contributed by atoms with Crippen LogP contribution in [0.3, 0.4) is 0 Å². The lowest BCUT2D eigenvalue weighted by Gasteiger charge is -2.18. The minimum Gasteiger partial charge on any atom is -0.329 e. The summed E-state index contributed by atoms with van der Waals surface area (Å²) in [6, 6.07) is 10.4. The van der Waals surface area contributed by atoms with Crippen molar-refractivity contribution in [2.45, 2.75) is 19.9 Å². The quantitative estimate of drug-likeness (QED) is 0.817. The van der Waals surface area contributed by atoms with Gasteiger partial charge in [-0.15, -0.1) is 0 Å². The molecule has 0 aliphatic rings. The number of aromatic nitrogens is 1. The molecule has 0 aliphatic carbocycles. The van der Waals surface area contributed by atoms with Gasteiger partial charge in [0.05, 0.1) is 0 Å². The molecule has 0 unspecified atom stereocenters. The van der Waals surface area contributed by atoms with Gasteiger partial charge in [-0.3, -0.25) is 0 Å². The molecule has 0 spiro atoms. The fourth-order valence-electron chi connectivity index (χ4n) is 1.93. The van der Waals surface area contributed by atoms with E-state index in [-0.39, 0.29) is 5.82 Å². The molecule has 2 rings (SSSR count). The van der Waals surface area contributed by atoms with Crippen molar-refractivity contribution in [2.24, 2.45) is 0 Å².